The molecule has 3 rings (SSSR count). The maximum Gasteiger partial charge on any atom is 0.323 e. The lowest BCUT2D eigenvalue weighted by Gasteiger charge is -2.37. The highest BCUT2D eigenvalue weighted by atomic mass is 16.4. The zero-order valence-corrected chi connectivity index (χ0v) is 31.8. The molecule has 1 aliphatic carbocycles. The molecule has 13 nitrogen and oxygen atoms in total. The first-order chi connectivity index (χ1) is 25.5. The van der Waals surface area contributed by atoms with Gasteiger partial charge in [0, 0.05) is 31.3 Å². The zero-order chi connectivity index (χ0) is 40.0. The summed E-state index contributed by atoms with van der Waals surface area (Å²) in [4.78, 5) is 92.5. The molecule has 3 atom stereocenters. The molecule has 5 amide bonds. The van der Waals surface area contributed by atoms with E-state index in [9.17, 15) is 38.7 Å². The molecule has 1 aliphatic rings. The number of rotatable bonds is 18. The number of Topliss-reactive ketones (excluding diaryl/α,β-unsaturated/α-hetero) is 2. The zero-order valence-electron chi connectivity index (χ0n) is 31.8. The van der Waals surface area contributed by atoms with Crippen LogP contribution in [-0.4, -0.2) is 76.0 Å². The number of hydrogen-bond acceptors (Lipinski definition) is 7. The number of likely N-dealkylation sites (N-methyl/N-ethyl adjacent to an activating group) is 1. The smallest absolute Gasteiger partial charge is 0.323 e. The van der Waals surface area contributed by atoms with Crippen LogP contribution in [0.25, 0.3) is 0 Å². The van der Waals surface area contributed by atoms with Crippen LogP contribution in [0.3, 0.4) is 0 Å². The van der Waals surface area contributed by atoms with Crippen LogP contribution in [0.2, 0.25) is 0 Å². The average Bonchev–Trinajstić information content (AvgIpc) is 3.11. The van der Waals surface area contributed by atoms with E-state index in [0.29, 0.717) is 29.8 Å². The van der Waals surface area contributed by atoms with Crippen LogP contribution in [0.15, 0.2) is 48.5 Å². The maximum absolute atomic E-state index is 13.8. The van der Waals surface area contributed by atoms with Crippen molar-refractivity contribution in [3.05, 3.63) is 59.7 Å². The first-order valence-corrected chi connectivity index (χ1v) is 18.3. The summed E-state index contributed by atoms with van der Waals surface area (Å²) in [5.74, 6) is -2.63. The number of terminal acetylenes is 1. The Hall–Kier alpha value is -5.51. The van der Waals surface area contributed by atoms with Crippen molar-refractivity contribution in [3.63, 3.8) is 0 Å². The van der Waals surface area contributed by atoms with E-state index in [4.69, 9.17) is 6.42 Å². The number of benzene rings is 2. The van der Waals surface area contributed by atoms with Crippen molar-refractivity contribution < 1.29 is 38.7 Å². The summed E-state index contributed by atoms with van der Waals surface area (Å²) < 4.78 is 0. The number of para-hydroxylation sites is 1. The molecule has 0 radical (unpaired) electrons. The molecule has 1 saturated carbocycles. The highest BCUT2D eigenvalue weighted by molar-refractivity contribution is 6.00. The second-order valence-corrected chi connectivity index (χ2v) is 14.5. The van der Waals surface area contributed by atoms with Gasteiger partial charge in [-0.1, -0.05) is 63.4 Å². The summed E-state index contributed by atoms with van der Waals surface area (Å²) in [6, 6.07) is 11.1. The van der Waals surface area contributed by atoms with Crippen molar-refractivity contribution in [1.82, 2.24) is 15.5 Å². The number of anilines is 2. The quantitative estimate of drug-likeness (QED) is 0.132. The number of hydrogen-bond donors (Lipinski definition) is 5. The monoisotopic (exact) mass is 743 g/mol. The van der Waals surface area contributed by atoms with Crippen LogP contribution >= 0.6 is 0 Å². The molecule has 0 saturated heterocycles. The average molecular weight is 744 g/mol. The van der Waals surface area contributed by atoms with Gasteiger partial charge in [-0.25, -0.2) is 4.79 Å². The van der Waals surface area contributed by atoms with Gasteiger partial charge in [0.25, 0.3) is 0 Å². The van der Waals surface area contributed by atoms with Crippen molar-refractivity contribution in [2.75, 3.05) is 17.7 Å². The van der Waals surface area contributed by atoms with Crippen molar-refractivity contribution >= 4 is 52.7 Å². The predicted molar refractivity (Wildman–Crippen MR) is 205 cm³/mol. The lowest BCUT2D eigenvalue weighted by atomic mass is 9.78. The molecule has 13 heteroatoms. The van der Waals surface area contributed by atoms with E-state index in [1.54, 1.807) is 30.3 Å². The predicted octanol–water partition coefficient (Wildman–Crippen LogP) is 5.02. The molecule has 5 N–H and O–H groups in total. The van der Waals surface area contributed by atoms with Gasteiger partial charge < -0.3 is 31.3 Å². The second kappa shape index (κ2) is 20.1. The van der Waals surface area contributed by atoms with E-state index in [0.717, 1.165) is 24.8 Å². The van der Waals surface area contributed by atoms with Gasteiger partial charge >= 0.3 is 12.0 Å². The lowest BCUT2D eigenvalue weighted by Crippen LogP contribution is -2.56. The standard InChI is InChI=1S/C41H53N5O8/c1-7-13-30(38(52)45-41(28(5)47)20-11-8-12-21-41)24-35(48)33(25-37(50)51)43-39(53)34(22-26(2)3)46(6)36(49)23-29-16-18-31(19-17-29)42-40(54)44-32-15-10-9-14-27(32)4/h1,9-10,14-19,26,30,33-34H,8,11-13,20-25H2,2-6H3,(H,43,53)(H,45,52)(H,50,51)(H2,42,44,54)/t30-,33-,34-/m0/s1. The minimum atomic E-state index is -1.50. The molecule has 2 aromatic carbocycles. The van der Waals surface area contributed by atoms with Crippen LogP contribution in [0, 0.1) is 31.1 Å². The van der Waals surface area contributed by atoms with Gasteiger partial charge in [0.2, 0.25) is 17.7 Å². The number of urea groups is 1. The fourth-order valence-electron chi connectivity index (χ4n) is 6.60. The third-order valence-electron chi connectivity index (χ3n) is 9.83. The number of carboxylic acid groups (broad SMARTS) is 1. The molecule has 0 bridgehead atoms. The van der Waals surface area contributed by atoms with Crippen LogP contribution in [0.4, 0.5) is 16.2 Å². The number of amides is 5. The topological polar surface area (TPSA) is 191 Å². The van der Waals surface area contributed by atoms with Crippen LogP contribution in [0.5, 0.6) is 0 Å². The van der Waals surface area contributed by atoms with Crippen molar-refractivity contribution in [2.45, 2.75) is 110 Å². The van der Waals surface area contributed by atoms with Gasteiger partial charge in [-0.05, 0) is 68.4 Å². The van der Waals surface area contributed by atoms with Crippen molar-refractivity contribution in [3.8, 4) is 12.3 Å². The number of ketones is 2. The van der Waals surface area contributed by atoms with E-state index in [-0.39, 0.29) is 31.0 Å². The lowest BCUT2D eigenvalue weighted by molar-refractivity contribution is -0.143. The highest BCUT2D eigenvalue weighted by Crippen LogP contribution is 2.30. The van der Waals surface area contributed by atoms with E-state index >= 15 is 0 Å². The Kier molecular flexibility index (Phi) is 16.0. The molecule has 0 spiro atoms. The largest absolute Gasteiger partial charge is 0.481 e. The summed E-state index contributed by atoms with van der Waals surface area (Å²) in [6.07, 6.45) is 7.76. The Bertz CT molecular complexity index is 1730. The Morgan fingerprint density at radius 3 is 2.13 bits per heavy atom. The van der Waals surface area contributed by atoms with Crippen LogP contribution in [0.1, 0.15) is 89.7 Å². The Balaban J connectivity index is 1.69. The Labute approximate surface area is 317 Å². The van der Waals surface area contributed by atoms with Crippen LogP contribution < -0.4 is 21.3 Å². The fourth-order valence-corrected chi connectivity index (χ4v) is 6.60. The highest BCUT2D eigenvalue weighted by Gasteiger charge is 2.40. The number of carbonyl (C=O) groups is 7. The molecule has 0 unspecified atom stereocenters. The fraction of sp³-hybridized carbons (Fsp3) is 0.488. The van der Waals surface area contributed by atoms with E-state index in [1.807, 2.05) is 39.0 Å². The Morgan fingerprint density at radius 2 is 1.56 bits per heavy atom. The van der Waals surface area contributed by atoms with Crippen LogP contribution in [-0.2, 0) is 35.2 Å². The molecule has 54 heavy (non-hydrogen) atoms. The molecule has 0 aliphatic heterocycles. The number of nitrogens with one attached hydrogen (secondary N) is 4. The van der Waals surface area contributed by atoms with Gasteiger partial charge in [0.15, 0.2) is 11.6 Å². The summed E-state index contributed by atoms with van der Waals surface area (Å²) in [5, 5.41) is 20.6. The van der Waals surface area contributed by atoms with E-state index in [2.05, 4.69) is 27.2 Å². The molecule has 290 valence electrons. The second-order valence-electron chi connectivity index (χ2n) is 14.5. The van der Waals surface area contributed by atoms with E-state index < -0.39 is 71.9 Å². The summed E-state index contributed by atoms with van der Waals surface area (Å²) >= 11 is 0. The number of nitrogens with zero attached hydrogens (tertiary/aromatic N) is 1. The third-order valence-corrected chi connectivity index (χ3v) is 9.83. The molecule has 0 heterocycles. The van der Waals surface area contributed by atoms with Gasteiger partial charge in [-0.2, -0.15) is 0 Å². The number of aliphatic carboxylic acids is 1. The summed E-state index contributed by atoms with van der Waals surface area (Å²) in [6.45, 7) is 7.03. The summed E-state index contributed by atoms with van der Waals surface area (Å²) in [7, 11) is 1.47. The normalized spacial score (nSPS) is 15.1. The molecule has 2 aromatic rings. The minimum Gasteiger partial charge on any atom is -0.481 e. The minimum absolute atomic E-state index is 0.0575. The number of carbonyl (C=O) groups excluding carboxylic acids is 6. The van der Waals surface area contributed by atoms with Crippen molar-refractivity contribution in [1.29, 1.82) is 0 Å². The molecular formula is C41H53N5O8. The van der Waals surface area contributed by atoms with E-state index in [1.165, 1.54) is 18.9 Å². The SMILES string of the molecule is C#CC[C@@H](CC(=O)[C@H](CC(=O)O)NC(=O)[C@H](CC(C)C)N(C)C(=O)Cc1ccc(NC(=O)Nc2ccccc2C)cc1)C(=O)NC1(C(C)=O)CCCCC1. The van der Waals surface area contributed by atoms with Gasteiger partial charge in [0.1, 0.15) is 6.04 Å². The van der Waals surface area contributed by atoms with Gasteiger partial charge in [-0.15, -0.1) is 12.3 Å². The molecular weight excluding hydrogens is 690 g/mol. The molecule has 0 aromatic heterocycles. The van der Waals surface area contributed by atoms with Gasteiger partial charge in [0.05, 0.1) is 30.3 Å². The first-order valence-electron chi connectivity index (χ1n) is 18.3. The third kappa shape index (κ3) is 12.6. The maximum atomic E-state index is 13.8. The van der Waals surface area contributed by atoms with Crippen molar-refractivity contribution in [2.24, 2.45) is 11.8 Å². The first kappa shape index (κ1) is 42.9. The molecule has 1 fully saturated rings. The summed E-state index contributed by atoms with van der Waals surface area (Å²) in [5.41, 5.74) is 1.67. The Morgan fingerprint density at radius 1 is 0.907 bits per heavy atom. The number of carboxylic acids is 1. The number of aryl methyl sites for hydroxylation is 1. The van der Waals surface area contributed by atoms with Gasteiger partial charge in [-0.3, -0.25) is 28.8 Å².